The zero-order valence-electron chi connectivity index (χ0n) is 11.8. The number of hydrogen-bond acceptors (Lipinski definition) is 4. The summed E-state index contributed by atoms with van der Waals surface area (Å²) in [5.74, 6) is 0.687. The van der Waals surface area contributed by atoms with Gasteiger partial charge < -0.3 is 10.1 Å². The van der Waals surface area contributed by atoms with Gasteiger partial charge in [0.05, 0.1) is 11.5 Å². The third kappa shape index (κ3) is 5.26. The smallest absolute Gasteiger partial charge is 0.272 e. The summed E-state index contributed by atoms with van der Waals surface area (Å²) in [6, 6.07) is 5.37. The van der Waals surface area contributed by atoms with Crippen molar-refractivity contribution in [3.05, 3.63) is 33.9 Å². The van der Waals surface area contributed by atoms with E-state index in [9.17, 15) is 10.1 Å². The minimum Gasteiger partial charge on any atom is -0.494 e. The molecule has 0 bridgehead atoms. The molecule has 0 heterocycles. The number of nitro benzene ring substituents is 1. The van der Waals surface area contributed by atoms with Crippen molar-refractivity contribution in [2.75, 3.05) is 13.2 Å². The first kappa shape index (κ1) is 15.4. The van der Waals surface area contributed by atoms with Crippen LogP contribution in [0.2, 0.25) is 0 Å². The second-order valence-electron chi connectivity index (χ2n) is 4.67. The van der Waals surface area contributed by atoms with Crippen LogP contribution in [0.5, 0.6) is 5.75 Å². The maximum atomic E-state index is 10.7. The highest BCUT2D eigenvalue weighted by Crippen LogP contribution is 2.22. The number of aryl methyl sites for hydroxylation is 1. The predicted octanol–water partition coefficient (Wildman–Crippen LogP) is 3.06. The highest BCUT2D eigenvalue weighted by atomic mass is 16.6. The second-order valence-corrected chi connectivity index (χ2v) is 4.67. The van der Waals surface area contributed by atoms with E-state index in [0.29, 0.717) is 24.0 Å². The van der Waals surface area contributed by atoms with E-state index in [0.717, 1.165) is 19.4 Å². The number of nitrogens with zero attached hydrogens (tertiary/aromatic N) is 1. The summed E-state index contributed by atoms with van der Waals surface area (Å²) in [6.07, 6.45) is 2.03. The van der Waals surface area contributed by atoms with Gasteiger partial charge in [0.25, 0.3) is 5.69 Å². The first-order valence-electron chi connectivity index (χ1n) is 6.65. The molecule has 0 radical (unpaired) electrons. The SMILES string of the molecule is CC[C@@H](C)NCCCOc1ccc([N+](=O)[O-])c(C)c1. The predicted molar refractivity (Wildman–Crippen MR) is 75.7 cm³/mol. The highest BCUT2D eigenvalue weighted by molar-refractivity contribution is 5.44. The van der Waals surface area contributed by atoms with Crippen LogP contribution in [-0.4, -0.2) is 24.1 Å². The lowest BCUT2D eigenvalue weighted by atomic mass is 10.2. The van der Waals surface area contributed by atoms with Gasteiger partial charge in [-0.1, -0.05) is 6.92 Å². The van der Waals surface area contributed by atoms with Crippen LogP contribution in [0.4, 0.5) is 5.69 Å². The zero-order valence-corrected chi connectivity index (χ0v) is 11.8. The van der Waals surface area contributed by atoms with E-state index in [1.54, 1.807) is 19.1 Å². The molecule has 1 rings (SSSR count). The molecule has 5 nitrogen and oxygen atoms in total. The molecule has 0 saturated carbocycles. The van der Waals surface area contributed by atoms with E-state index in [1.165, 1.54) is 6.07 Å². The lowest BCUT2D eigenvalue weighted by Crippen LogP contribution is -2.27. The van der Waals surface area contributed by atoms with Gasteiger partial charge in [0.1, 0.15) is 5.75 Å². The fourth-order valence-corrected chi connectivity index (χ4v) is 1.68. The van der Waals surface area contributed by atoms with Crippen molar-refractivity contribution in [3.63, 3.8) is 0 Å². The van der Waals surface area contributed by atoms with Gasteiger partial charge in [-0.15, -0.1) is 0 Å². The average Bonchev–Trinajstić information content (AvgIpc) is 2.37. The fourth-order valence-electron chi connectivity index (χ4n) is 1.68. The van der Waals surface area contributed by atoms with Gasteiger partial charge in [0, 0.05) is 17.7 Å². The van der Waals surface area contributed by atoms with Crippen molar-refractivity contribution < 1.29 is 9.66 Å². The molecule has 1 aromatic carbocycles. The summed E-state index contributed by atoms with van der Waals surface area (Å²) in [5.41, 5.74) is 0.756. The maximum Gasteiger partial charge on any atom is 0.272 e. The molecule has 0 saturated heterocycles. The fraction of sp³-hybridized carbons (Fsp3) is 0.571. The molecular formula is C14H22N2O3. The molecule has 0 aliphatic heterocycles. The lowest BCUT2D eigenvalue weighted by Gasteiger charge is -2.11. The molecule has 1 N–H and O–H groups in total. The summed E-state index contributed by atoms with van der Waals surface area (Å²) >= 11 is 0. The molecule has 0 amide bonds. The Morgan fingerprint density at radius 3 is 2.79 bits per heavy atom. The van der Waals surface area contributed by atoms with E-state index < -0.39 is 0 Å². The number of hydrogen-bond donors (Lipinski definition) is 1. The van der Waals surface area contributed by atoms with Crippen LogP contribution in [0.15, 0.2) is 18.2 Å². The third-order valence-corrected chi connectivity index (χ3v) is 3.06. The van der Waals surface area contributed by atoms with E-state index in [-0.39, 0.29) is 10.6 Å². The van der Waals surface area contributed by atoms with E-state index in [2.05, 4.69) is 19.2 Å². The molecule has 0 aliphatic rings. The number of ether oxygens (including phenoxy) is 1. The van der Waals surface area contributed by atoms with E-state index in [4.69, 9.17) is 4.74 Å². The largest absolute Gasteiger partial charge is 0.494 e. The molecule has 106 valence electrons. The molecule has 0 fully saturated rings. The zero-order chi connectivity index (χ0) is 14.3. The van der Waals surface area contributed by atoms with Crippen molar-refractivity contribution in [1.29, 1.82) is 0 Å². The van der Waals surface area contributed by atoms with Crippen LogP contribution in [0.3, 0.4) is 0 Å². The van der Waals surface area contributed by atoms with Crippen LogP contribution in [0.1, 0.15) is 32.3 Å². The van der Waals surface area contributed by atoms with E-state index in [1.807, 2.05) is 0 Å². The van der Waals surface area contributed by atoms with Crippen LogP contribution < -0.4 is 10.1 Å². The Bertz CT molecular complexity index is 421. The van der Waals surface area contributed by atoms with Crippen LogP contribution in [0, 0.1) is 17.0 Å². The van der Waals surface area contributed by atoms with Gasteiger partial charge >= 0.3 is 0 Å². The summed E-state index contributed by atoms with van der Waals surface area (Å²) < 4.78 is 5.57. The summed E-state index contributed by atoms with van der Waals surface area (Å²) in [7, 11) is 0. The topological polar surface area (TPSA) is 64.4 Å². The van der Waals surface area contributed by atoms with Gasteiger partial charge in [0.2, 0.25) is 0 Å². The van der Waals surface area contributed by atoms with Crippen molar-refractivity contribution in [2.45, 2.75) is 39.7 Å². The van der Waals surface area contributed by atoms with Gasteiger partial charge in [-0.3, -0.25) is 10.1 Å². The van der Waals surface area contributed by atoms with Crippen LogP contribution in [-0.2, 0) is 0 Å². The van der Waals surface area contributed by atoms with E-state index >= 15 is 0 Å². The van der Waals surface area contributed by atoms with Crippen LogP contribution in [0.25, 0.3) is 0 Å². The molecule has 5 heteroatoms. The number of benzene rings is 1. The summed E-state index contributed by atoms with van der Waals surface area (Å²) in [6.45, 7) is 7.55. The Labute approximate surface area is 114 Å². The lowest BCUT2D eigenvalue weighted by molar-refractivity contribution is -0.385. The second kappa shape index (κ2) is 7.74. The van der Waals surface area contributed by atoms with Crippen molar-refractivity contribution in [2.24, 2.45) is 0 Å². The molecule has 1 aromatic rings. The van der Waals surface area contributed by atoms with Gasteiger partial charge in [-0.2, -0.15) is 0 Å². The van der Waals surface area contributed by atoms with Crippen molar-refractivity contribution in [3.8, 4) is 5.75 Å². The molecule has 0 aliphatic carbocycles. The average molecular weight is 266 g/mol. The van der Waals surface area contributed by atoms with Crippen LogP contribution >= 0.6 is 0 Å². The Balaban J connectivity index is 2.34. The molecule has 0 aromatic heterocycles. The summed E-state index contributed by atoms with van der Waals surface area (Å²) in [4.78, 5) is 10.3. The highest BCUT2D eigenvalue weighted by Gasteiger charge is 2.10. The first-order valence-corrected chi connectivity index (χ1v) is 6.65. The van der Waals surface area contributed by atoms with Gasteiger partial charge in [0.15, 0.2) is 0 Å². The third-order valence-electron chi connectivity index (χ3n) is 3.06. The first-order chi connectivity index (χ1) is 9.04. The number of nitrogens with one attached hydrogen (secondary N) is 1. The summed E-state index contributed by atoms with van der Waals surface area (Å²) in [5, 5.41) is 14.1. The molecular weight excluding hydrogens is 244 g/mol. The molecule has 1 atom stereocenters. The molecule has 0 unspecified atom stereocenters. The number of rotatable bonds is 8. The Hall–Kier alpha value is -1.62. The Kier molecular flexibility index (Phi) is 6.29. The van der Waals surface area contributed by atoms with Gasteiger partial charge in [-0.05, 0) is 45.4 Å². The quantitative estimate of drug-likeness (QED) is 0.446. The number of nitro groups is 1. The molecule has 0 spiro atoms. The Morgan fingerprint density at radius 2 is 2.21 bits per heavy atom. The van der Waals surface area contributed by atoms with Gasteiger partial charge in [-0.25, -0.2) is 0 Å². The molecule has 19 heavy (non-hydrogen) atoms. The minimum absolute atomic E-state index is 0.130. The van der Waals surface area contributed by atoms with Crippen molar-refractivity contribution in [1.82, 2.24) is 5.32 Å². The maximum absolute atomic E-state index is 10.7. The standard InChI is InChI=1S/C14H22N2O3/c1-4-12(3)15-8-5-9-19-13-6-7-14(16(17)18)11(2)10-13/h6-7,10,12,15H,4-5,8-9H2,1-3H3/t12-/m1/s1. The Morgan fingerprint density at radius 1 is 1.47 bits per heavy atom. The normalized spacial score (nSPS) is 12.2. The monoisotopic (exact) mass is 266 g/mol. The minimum atomic E-state index is -0.380. The van der Waals surface area contributed by atoms with Crippen molar-refractivity contribution >= 4 is 5.69 Å².